The largest absolute Gasteiger partial charge is 0.494 e. The normalized spacial score (nSPS) is 10.6. The smallest absolute Gasteiger partial charge is 0.124 e. The third kappa shape index (κ3) is 5.85. The molecule has 2 aromatic carbocycles. The summed E-state index contributed by atoms with van der Waals surface area (Å²) in [7, 11) is 0. The number of ether oxygens (including phenoxy) is 2. The molecule has 0 fully saturated rings. The molecular weight excluding hydrogens is 286 g/mol. The summed E-state index contributed by atoms with van der Waals surface area (Å²) in [6.45, 7) is 8.62. The van der Waals surface area contributed by atoms with Crippen LogP contribution in [0.2, 0.25) is 0 Å². The van der Waals surface area contributed by atoms with E-state index in [1.807, 2.05) is 36.4 Å². The van der Waals surface area contributed by atoms with E-state index in [9.17, 15) is 0 Å². The van der Waals surface area contributed by atoms with Crippen molar-refractivity contribution in [3.63, 3.8) is 0 Å². The Morgan fingerprint density at radius 3 is 2.61 bits per heavy atom. The summed E-state index contributed by atoms with van der Waals surface area (Å²) in [5.41, 5.74) is 2.21. The van der Waals surface area contributed by atoms with Crippen LogP contribution in [0.1, 0.15) is 32.8 Å². The Kier molecular flexibility index (Phi) is 6.79. The molecule has 0 aliphatic carbocycles. The summed E-state index contributed by atoms with van der Waals surface area (Å²) in [5.74, 6) is 2.37. The van der Waals surface area contributed by atoms with Crippen molar-refractivity contribution in [2.75, 3.05) is 18.5 Å². The van der Waals surface area contributed by atoms with Gasteiger partial charge in [-0.15, -0.1) is 0 Å². The summed E-state index contributed by atoms with van der Waals surface area (Å²) < 4.78 is 11.6. The number of anilines is 1. The molecule has 2 rings (SSSR count). The van der Waals surface area contributed by atoms with Crippen molar-refractivity contribution >= 4 is 5.69 Å². The van der Waals surface area contributed by atoms with Crippen LogP contribution in [0.3, 0.4) is 0 Å². The molecule has 0 heterocycles. The van der Waals surface area contributed by atoms with Crippen LogP contribution < -0.4 is 14.8 Å². The minimum Gasteiger partial charge on any atom is -0.494 e. The first kappa shape index (κ1) is 17.2. The maximum Gasteiger partial charge on any atom is 0.124 e. The molecule has 124 valence electrons. The molecule has 0 aromatic heterocycles. The Hall–Kier alpha value is -2.16. The summed E-state index contributed by atoms with van der Waals surface area (Å²) in [6.07, 6.45) is 1.01. The van der Waals surface area contributed by atoms with E-state index in [-0.39, 0.29) is 0 Å². The van der Waals surface area contributed by atoms with E-state index in [4.69, 9.17) is 9.47 Å². The van der Waals surface area contributed by atoms with Crippen LogP contribution in [0.5, 0.6) is 11.5 Å². The molecule has 1 N–H and O–H groups in total. The van der Waals surface area contributed by atoms with Crippen molar-refractivity contribution in [1.82, 2.24) is 0 Å². The standard InChI is InChI=1S/C20H27NO2/c1-4-12-22-19-10-7-9-18(13-19)21-14-17-8-5-6-11-20(17)23-15-16(2)3/h5-11,13,16,21H,4,12,14-15H2,1-3H3. The highest BCUT2D eigenvalue weighted by molar-refractivity contribution is 5.49. The number of benzene rings is 2. The summed E-state index contributed by atoms with van der Waals surface area (Å²) >= 11 is 0. The lowest BCUT2D eigenvalue weighted by molar-refractivity contribution is 0.269. The minimum absolute atomic E-state index is 0.517. The molecule has 0 saturated carbocycles. The minimum atomic E-state index is 0.517. The van der Waals surface area contributed by atoms with Crippen LogP contribution >= 0.6 is 0 Å². The maximum atomic E-state index is 5.90. The summed E-state index contributed by atoms with van der Waals surface area (Å²) in [6, 6.07) is 16.3. The van der Waals surface area contributed by atoms with E-state index in [2.05, 4.69) is 38.2 Å². The Bertz CT molecular complexity index is 596. The second-order valence-electron chi connectivity index (χ2n) is 6.04. The van der Waals surface area contributed by atoms with Crippen molar-refractivity contribution in [1.29, 1.82) is 0 Å². The molecule has 23 heavy (non-hydrogen) atoms. The van der Waals surface area contributed by atoms with Gasteiger partial charge in [-0.1, -0.05) is 45.0 Å². The van der Waals surface area contributed by atoms with Crippen molar-refractivity contribution in [3.8, 4) is 11.5 Å². The first-order valence-corrected chi connectivity index (χ1v) is 8.36. The third-order valence-electron chi connectivity index (χ3n) is 3.33. The van der Waals surface area contributed by atoms with Gasteiger partial charge in [0.05, 0.1) is 13.2 Å². The highest BCUT2D eigenvalue weighted by Crippen LogP contribution is 2.22. The van der Waals surface area contributed by atoms with Crippen molar-refractivity contribution in [2.45, 2.75) is 33.7 Å². The predicted octanol–water partition coefficient (Wildman–Crippen LogP) is 5.12. The van der Waals surface area contributed by atoms with Gasteiger partial charge in [0.1, 0.15) is 11.5 Å². The Morgan fingerprint density at radius 2 is 1.83 bits per heavy atom. The van der Waals surface area contributed by atoms with Crippen LogP contribution in [-0.2, 0) is 6.54 Å². The van der Waals surface area contributed by atoms with Gasteiger partial charge < -0.3 is 14.8 Å². The van der Waals surface area contributed by atoms with Gasteiger partial charge in [0.25, 0.3) is 0 Å². The molecule has 3 nitrogen and oxygen atoms in total. The van der Waals surface area contributed by atoms with Gasteiger partial charge in [-0.2, -0.15) is 0 Å². The number of nitrogens with one attached hydrogen (secondary N) is 1. The average molecular weight is 313 g/mol. The zero-order valence-electron chi connectivity index (χ0n) is 14.3. The highest BCUT2D eigenvalue weighted by atomic mass is 16.5. The number of hydrogen-bond donors (Lipinski definition) is 1. The van der Waals surface area contributed by atoms with Gasteiger partial charge >= 0.3 is 0 Å². The summed E-state index contributed by atoms with van der Waals surface area (Å²) in [5, 5.41) is 3.45. The predicted molar refractivity (Wildman–Crippen MR) is 96.3 cm³/mol. The molecule has 0 amide bonds. The third-order valence-corrected chi connectivity index (χ3v) is 3.33. The molecule has 0 radical (unpaired) electrons. The zero-order chi connectivity index (χ0) is 16.5. The second-order valence-corrected chi connectivity index (χ2v) is 6.04. The molecule has 0 atom stereocenters. The Morgan fingerprint density at radius 1 is 1.00 bits per heavy atom. The first-order chi connectivity index (χ1) is 11.2. The number of hydrogen-bond acceptors (Lipinski definition) is 3. The molecule has 0 bridgehead atoms. The molecule has 0 unspecified atom stereocenters. The van der Waals surface area contributed by atoms with Crippen molar-refractivity contribution in [3.05, 3.63) is 54.1 Å². The zero-order valence-corrected chi connectivity index (χ0v) is 14.3. The topological polar surface area (TPSA) is 30.5 Å². The fraction of sp³-hybridized carbons (Fsp3) is 0.400. The lowest BCUT2D eigenvalue weighted by Crippen LogP contribution is -2.08. The van der Waals surface area contributed by atoms with Crippen LogP contribution in [0.4, 0.5) is 5.69 Å². The van der Waals surface area contributed by atoms with E-state index in [0.717, 1.165) is 48.9 Å². The molecule has 0 aliphatic heterocycles. The van der Waals surface area contributed by atoms with E-state index < -0.39 is 0 Å². The van der Waals surface area contributed by atoms with Crippen molar-refractivity contribution in [2.24, 2.45) is 5.92 Å². The quantitative estimate of drug-likeness (QED) is 0.697. The van der Waals surface area contributed by atoms with Gasteiger partial charge in [-0.25, -0.2) is 0 Å². The fourth-order valence-corrected chi connectivity index (χ4v) is 2.16. The summed E-state index contributed by atoms with van der Waals surface area (Å²) in [4.78, 5) is 0. The van der Waals surface area contributed by atoms with Gasteiger partial charge in [0.15, 0.2) is 0 Å². The lowest BCUT2D eigenvalue weighted by Gasteiger charge is -2.14. The van der Waals surface area contributed by atoms with Crippen LogP contribution in [0, 0.1) is 5.92 Å². The average Bonchev–Trinajstić information content (AvgIpc) is 2.57. The Labute approximate surface area is 139 Å². The molecule has 3 heteroatoms. The van der Waals surface area contributed by atoms with E-state index in [1.54, 1.807) is 0 Å². The number of rotatable bonds is 9. The van der Waals surface area contributed by atoms with Gasteiger partial charge in [-0.3, -0.25) is 0 Å². The molecule has 0 saturated heterocycles. The molecule has 2 aromatic rings. The maximum absolute atomic E-state index is 5.90. The van der Waals surface area contributed by atoms with Gasteiger partial charge in [-0.05, 0) is 30.5 Å². The molecule has 0 aliphatic rings. The van der Waals surface area contributed by atoms with Crippen LogP contribution in [0.15, 0.2) is 48.5 Å². The van der Waals surface area contributed by atoms with Crippen molar-refractivity contribution < 1.29 is 9.47 Å². The van der Waals surface area contributed by atoms with Crippen LogP contribution in [-0.4, -0.2) is 13.2 Å². The van der Waals surface area contributed by atoms with Gasteiger partial charge in [0.2, 0.25) is 0 Å². The number of para-hydroxylation sites is 1. The molecular formula is C20H27NO2. The lowest BCUT2D eigenvalue weighted by atomic mass is 10.2. The van der Waals surface area contributed by atoms with Gasteiger partial charge in [0, 0.05) is 23.9 Å². The SMILES string of the molecule is CCCOc1cccc(NCc2ccccc2OCC(C)C)c1. The Balaban J connectivity index is 1.98. The molecule has 0 spiro atoms. The monoisotopic (exact) mass is 313 g/mol. The van der Waals surface area contributed by atoms with Crippen LogP contribution in [0.25, 0.3) is 0 Å². The fourth-order valence-electron chi connectivity index (χ4n) is 2.16. The van der Waals surface area contributed by atoms with E-state index >= 15 is 0 Å². The second kappa shape index (κ2) is 9.09. The van der Waals surface area contributed by atoms with E-state index in [0.29, 0.717) is 5.92 Å². The highest BCUT2D eigenvalue weighted by Gasteiger charge is 2.04. The van der Waals surface area contributed by atoms with E-state index in [1.165, 1.54) is 0 Å². The first-order valence-electron chi connectivity index (χ1n) is 8.36.